The van der Waals surface area contributed by atoms with Crippen molar-refractivity contribution in [1.29, 1.82) is 0 Å². The molecule has 2 aliphatic carbocycles. The van der Waals surface area contributed by atoms with E-state index in [1.165, 1.54) is 0 Å². The van der Waals surface area contributed by atoms with Crippen molar-refractivity contribution in [3.8, 4) is 0 Å². The molecule has 0 aromatic heterocycles. The molecule has 0 aromatic rings. The summed E-state index contributed by atoms with van der Waals surface area (Å²) in [6, 6.07) is 0. The Bertz CT molecular complexity index is 1350. The van der Waals surface area contributed by atoms with Crippen LogP contribution in [-0.2, 0) is 19.0 Å². The molecule has 0 aromatic carbocycles. The number of carbonyl (C=O) groups excluding carboxylic acids is 1. The van der Waals surface area contributed by atoms with E-state index in [-0.39, 0.29) is 14.0 Å². The van der Waals surface area contributed by atoms with Gasteiger partial charge in [-0.1, -0.05) is 13.5 Å². The first kappa shape index (κ1) is 49.5. The Kier molecular flexibility index (Phi) is 11.9. The van der Waals surface area contributed by atoms with Gasteiger partial charge in [0.15, 0.2) is 6.61 Å². The third-order valence-corrected chi connectivity index (χ3v) is 9.07. The molecule has 0 N–H and O–H groups in total. The first-order chi connectivity index (χ1) is 23.3. The number of hydrogen-bond acceptors (Lipinski definition) is 4. The van der Waals surface area contributed by atoms with Crippen molar-refractivity contribution in [2.45, 2.75) is 105 Å². The SMILES string of the molecule is C=CC(=O)OCC(F)(F)OC(F)(F)C(F)(F)OC.CCC1(CF)C(F)(F)C2(C(C)(F)F)C(F)(F)C(F)(C(C)(F)F)C(F)(F)C(C(C)(F)F)(C1(F)F)C2(F)F. The minimum Gasteiger partial charge on any atom is -0.453 e. The molecule has 320 valence electrons. The van der Waals surface area contributed by atoms with Gasteiger partial charge in [0.2, 0.25) is 10.8 Å². The molecule has 28 heteroatoms. The molecular weight excluding hydrogens is 832 g/mol. The number of esters is 1. The van der Waals surface area contributed by atoms with Crippen LogP contribution in [0.1, 0.15) is 34.1 Å². The number of rotatable bonds is 12. The highest BCUT2D eigenvalue weighted by Gasteiger charge is 3.16. The van der Waals surface area contributed by atoms with Gasteiger partial charge in [-0.25, -0.2) is 84.2 Å². The monoisotopic (exact) mass is 856 g/mol. The maximum atomic E-state index is 15.5. The van der Waals surface area contributed by atoms with Gasteiger partial charge in [-0.3, -0.25) is 4.39 Å². The third-order valence-electron chi connectivity index (χ3n) is 9.07. The van der Waals surface area contributed by atoms with Gasteiger partial charge in [0.1, 0.15) is 12.1 Å². The molecule has 0 saturated heterocycles. The fourth-order valence-electron chi connectivity index (χ4n) is 6.61. The summed E-state index contributed by atoms with van der Waals surface area (Å²) < 4.78 is 355. The molecule has 2 atom stereocenters. The van der Waals surface area contributed by atoms with Crippen LogP contribution in [0.3, 0.4) is 0 Å². The standard InChI is InChI=1S/C18H16F18.C8H8F6O4/c1-5-10(6-19)14(27,28)11(7(2,20)21)16(31,32)12(8(3,22)23,15(10,29)30)18(35,36)13(26,9(4,24)25)17(11,33)34;1-3-5(15)17-4-6(9,10)18-8(13,14)7(11,12)16-2/h5-6H2,1-4H3;3H,1,4H2,2H3. The van der Waals surface area contributed by atoms with Crippen molar-refractivity contribution >= 4 is 5.97 Å². The number of ether oxygens (including phenoxy) is 3. The van der Waals surface area contributed by atoms with Crippen molar-refractivity contribution < 1.29 is 124 Å². The molecule has 0 heterocycles. The number of halogens is 24. The van der Waals surface area contributed by atoms with Gasteiger partial charge in [0.25, 0.3) is 35.5 Å². The Morgan fingerprint density at radius 1 is 0.611 bits per heavy atom. The van der Waals surface area contributed by atoms with E-state index in [0.29, 0.717) is 6.08 Å². The van der Waals surface area contributed by atoms with Crippen LogP contribution in [0.15, 0.2) is 12.7 Å². The molecule has 2 fully saturated rings. The number of carbonyl (C=O) groups is 1. The lowest BCUT2D eigenvalue weighted by Crippen LogP contribution is -3.00. The zero-order chi connectivity index (χ0) is 44.0. The minimum absolute atomic E-state index is 0.142. The lowest BCUT2D eigenvalue weighted by Gasteiger charge is -2.74. The highest BCUT2D eigenvalue weighted by atomic mass is 19.4. The van der Waals surface area contributed by atoms with E-state index in [1.54, 1.807) is 0 Å². The summed E-state index contributed by atoms with van der Waals surface area (Å²) in [5.41, 5.74) is -29.5. The Morgan fingerprint density at radius 3 is 1.20 bits per heavy atom. The average Bonchev–Trinajstić information content (AvgIpc) is 2.91. The molecular formula is C26H24F24O4. The molecule has 4 nitrogen and oxygen atoms in total. The zero-order valence-corrected chi connectivity index (χ0v) is 27.1. The van der Waals surface area contributed by atoms with E-state index in [0.717, 1.165) is 0 Å². The highest BCUT2D eigenvalue weighted by Crippen LogP contribution is 2.91. The van der Waals surface area contributed by atoms with E-state index < -0.39 is 134 Å². The highest BCUT2D eigenvalue weighted by molar-refractivity contribution is 5.81. The van der Waals surface area contributed by atoms with Gasteiger partial charge < -0.3 is 9.47 Å². The molecule has 2 rings (SSSR count). The lowest BCUT2D eigenvalue weighted by atomic mass is 9.34. The first-order valence-electron chi connectivity index (χ1n) is 13.8. The molecule has 2 bridgehead atoms. The predicted octanol–water partition coefficient (Wildman–Crippen LogP) is 10.4. The smallest absolute Gasteiger partial charge is 0.452 e. The summed E-state index contributed by atoms with van der Waals surface area (Å²) >= 11 is 0. The van der Waals surface area contributed by atoms with Crippen LogP contribution in [0.5, 0.6) is 0 Å². The van der Waals surface area contributed by atoms with Gasteiger partial charge in [0.05, 0.1) is 0 Å². The minimum atomic E-state index is -8.19. The summed E-state index contributed by atoms with van der Waals surface area (Å²) in [6.45, 7) is -7.29. The summed E-state index contributed by atoms with van der Waals surface area (Å²) in [6.07, 6.45) is -17.9. The fourth-order valence-corrected chi connectivity index (χ4v) is 6.61. The van der Waals surface area contributed by atoms with E-state index in [9.17, 15) is 61.9 Å². The van der Waals surface area contributed by atoms with Crippen LogP contribution in [0.2, 0.25) is 0 Å². The summed E-state index contributed by atoms with van der Waals surface area (Å²) in [5, 5.41) is 0. The van der Waals surface area contributed by atoms with Crippen molar-refractivity contribution in [2.24, 2.45) is 16.2 Å². The predicted molar refractivity (Wildman–Crippen MR) is 128 cm³/mol. The van der Waals surface area contributed by atoms with E-state index in [2.05, 4.69) is 20.8 Å². The molecule has 0 aliphatic heterocycles. The topological polar surface area (TPSA) is 44.8 Å². The van der Waals surface area contributed by atoms with Crippen LogP contribution < -0.4 is 0 Å². The van der Waals surface area contributed by atoms with Gasteiger partial charge in [-0.2, -0.15) is 26.3 Å². The van der Waals surface area contributed by atoms with Crippen molar-refractivity contribution in [3.63, 3.8) is 0 Å². The van der Waals surface area contributed by atoms with Crippen LogP contribution in [0, 0.1) is 16.2 Å². The van der Waals surface area contributed by atoms with Crippen LogP contribution in [0.4, 0.5) is 105 Å². The number of methoxy groups -OCH3 is 1. The lowest BCUT2D eigenvalue weighted by molar-refractivity contribution is -0.598. The van der Waals surface area contributed by atoms with Crippen molar-refractivity contribution in [1.82, 2.24) is 0 Å². The summed E-state index contributed by atoms with van der Waals surface area (Å²) in [5.74, 6) is -61.5. The number of fused-ring (bicyclic) bond motifs is 2. The Labute approximate surface area is 286 Å². The Balaban J connectivity index is 0.000000682. The fraction of sp³-hybridized carbons (Fsp3) is 0.885. The molecule has 2 saturated carbocycles. The quantitative estimate of drug-likeness (QED) is 0.111. The van der Waals surface area contributed by atoms with Crippen molar-refractivity contribution in [3.05, 3.63) is 12.7 Å². The number of hydrogen-bond donors (Lipinski definition) is 0. The van der Waals surface area contributed by atoms with Gasteiger partial charge in [-0.15, -0.1) is 0 Å². The van der Waals surface area contributed by atoms with Crippen LogP contribution in [-0.4, -0.2) is 97.7 Å². The average molecular weight is 856 g/mol. The van der Waals surface area contributed by atoms with E-state index >= 15 is 48.3 Å². The van der Waals surface area contributed by atoms with Gasteiger partial charge in [-0.05, 0) is 6.42 Å². The molecule has 0 spiro atoms. The maximum absolute atomic E-state index is 15.5. The second kappa shape index (κ2) is 13.0. The van der Waals surface area contributed by atoms with Gasteiger partial charge in [0, 0.05) is 34.0 Å². The van der Waals surface area contributed by atoms with E-state index in [4.69, 9.17) is 0 Å². The van der Waals surface area contributed by atoms with E-state index in [1.807, 2.05) is 0 Å². The Hall–Kier alpha value is -2.55. The number of alkyl halides is 24. The maximum Gasteiger partial charge on any atom is 0.452 e. The van der Waals surface area contributed by atoms with Crippen LogP contribution in [0.25, 0.3) is 0 Å². The summed E-state index contributed by atoms with van der Waals surface area (Å²) in [4.78, 5) is 10.4. The molecule has 54 heavy (non-hydrogen) atoms. The molecule has 0 amide bonds. The first-order valence-corrected chi connectivity index (χ1v) is 13.8. The largest absolute Gasteiger partial charge is 0.453 e. The second-order valence-corrected chi connectivity index (χ2v) is 12.1. The van der Waals surface area contributed by atoms with Gasteiger partial charge >= 0.3 is 41.8 Å². The Morgan fingerprint density at radius 2 is 0.963 bits per heavy atom. The molecule has 0 radical (unpaired) electrons. The van der Waals surface area contributed by atoms with Crippen molar-refractivity contribution in [2.75, 3.05) is 20.4 Å². The summed E-state index contributed by atoms with van der Waals surface area (Å²) in [7, 11) is 0.174. The zero-order valence-electron chi connectivity index (χ0n) is 27.1. The third kappa shape index (κ3) is 5.41. The second-order valence-electron chi connectivity index (χ2n) is 12.1. The normalized spacial score (nSPS) is 31.9. The molecule has 2 aliphatic rings. The molecule has 2 unspecified atom stereocenters. The van der Waals surface area contributed by atoms with Crippen LogP contribution >= 0.6 is 0 Å².